The van der Waals surface area contributed by atoms with Gasteiger partial charge in [0.15, 0.2) is 8.32 Å². The van der Waals surface area contributed by atoms with E-state index < -0.39 is 8.32 Å². The van der Waals surface area contributed by atoms with Gasteiger partial charge in [0.1, 0.15) is 0 Å². The molecule has 0 fully saturated rings. The van der Waals surface area contributed by atoms with E-state index in [2.05, 4.69) is 33.9 Å². The molecule has 0 amide bonds. The number of hydrogen-bond donors (Lipinski definition) is 1. The van der Waals surface area contributed by atoms with Crippen LogP contribution in [0.25, 0.3) is 0 Å². The maximum absolute atomic E-state index is 10.1. The Morgan fingerprint density at radius 1 is 1.12 bits per heavy atom. The van der Waals surface area contributed by atoms with Crippen LogP contribution in [-0.4, -0.2) is 32.2 Å². The molecule has 0 aliphatic carbocycles. The Hall–Kier alpha value is -0.943. The number of aliphatic hydroxyl groups is 1. The van der Waals surface area contributed by atoms with Gasteiger partial charge >= 0.3 is 0 Å². The molecule has 3 nitrogen and oxygen atoms in total. The molecule has 142 valence electrons. The molecular formula is C21H36O3Si. The molecule has 0 unspecified atom stereocenters. The first kappa shape index (κ1) is 22.1. The van der Waals surface area contributed by atoms with E-state index >= 15 is 0 Å². The van der Waals surface area contributed by atoms with Crippen LogP contribution in [0.5, 0.6) is 0 Å². The van der Waals surface area contributed by atoms with Crippen LogP contribution in [0.2, 0.25) is 18.1 Å². The molecule has 1 rings (SSSR count). The lowest BCUT2D eigenvalue weighted by Crippen LogP contribution is -2.40. The van der Waals surface area contributed by atoms with Crippen LogP contribution in [0.3, 0.4) is 0 Å². The molecule has 0 radical (unpaired) electrons. The van der Waals surface area contributed by atoms with Gasteiger partial charge in [0.2, 0.25) is 0 Å². The lowest BCUT2D eigenvalue weighted by molar-refractivity contribution is 0.0156. The third-order valence-corrected chi connectivity index (χ3v) is 9.40. The Morgan fingerprint density at radius 3 is 2.36 bits per heavy atom. The average molecular weight is 365 g/mol. The van der Waals surface area contributed by atoms with Gasteiger partial charge in [0.25, 0.3) is 0 Å². The Kier molecular flexibility index (Phi) is 9.07. The molecular weight excluding hydrogens is 328 g/mol. The van der Waals surface area contributed by atoms with Crippen molar-refractivity contribution in [2.75, 3.05) is 6.61 Å². The van der Waals surface area contributed by atoms with Crippen LogP contribution in [0.15, 0.2) is 42.5 Å². The highest BCUT2D eigenvalue weighted by Gasteiger charge is 2.36. The zero-order valence-electron chi connectivity index (χ0n) is 16.8. The molecule has 0 aromatic heterocycles. The van der Waals surface area contributed by atoms with Gasteiger partial charge in [-0.05, 0) is 43.5 Å². The zero-order valence-corrected chi connectivity index (χ0v) is 17.8. The van der Waals surface area contributed by atoms with E-state index in [4.69, 9.17) is 9.16 Å². The smallest absolute Gasteiger partial charge is 0.192 e. The molecule has 25 heavy (non-hydrogen) atoms. The molecule has 0 aliphatic heterocycles. The van der Waals surface area contributed by atoms with Crippen molar-refractivity contribution in [1.29, 1.82) is 0 Å². The van der Waals surface area contributed by atoms with Gasteiger partial charge in [-0.15, -0.1) is 0 Å². The fourth-order valence-corrected chi connectivity index (χ4v) is 3.10. The predicted molar refractivity (Wildman–Crippen MR) is 108 cm³/mol. The van der Waals surface area contributed by atoms with Crippen molar-refractivity contribution >= 4 is 8.32 Å². The Balaban J connectivity index is 2.22. The molecule has 0 heterocycles. The van der Waals surface area contributed by atoms with E-state index in [1.807, 2.05) is 49.4 Å². The van der Waals surface area contributed by atoms with E-state index in [1.54, 1.807) is 0 Å². The van der Waals surface area contributed by atoms with E-state index in [9.17, 15) is 5.11 Å². The maximum atomic E-state index is 10.1. The summed E-state index contributed by atoms with van der Waals surface area (Å²) in [6.45, 7) is 14.4. The minimum absolute atomic E-state index is 0.0343. The first-order valence-electron chi connectivity index (χ1n) is 9.24. The van der Waals surface area contributed by atoms with Gasteiger partial charge < -0.3 is 14.3 Å². The molecule has 2 atom stereocenters. The molecule has 0 spiro atoms. The van der Waals surface area contributed by atoms with Crippen molar-refractivity contribution in [2.24, 2.45) is 0 Å². The molecule has 4 heteroatoms. The van der Waals surface area contributed by atoms with Crippen molar-refractivity contribution in [1.82, 2.24) is 0 Å². The van der Waals surface area contributed by atoms with Crippen LogP contribution < -0.4 is 0 Å². The molecule has 0 saturated heterocycles. The molecule has 0 aliphatic rings. The summed E-state index contributed by atoms with van der Waals surface area (Å²) in [6, 6.07) is 10.1. The summed E-state index contributed by atoms with van der Waals surface area (Å²) in [5.41, 5.74) is 1.16. The van der Waals surface area contributed by atoms with Gasteiger partial charge in [-0.2, -0.15) is 0 Å². The van der Waals surface area contributed by atoms with Crippen molar-refractivity contribution in [3.8, 4) is 0 Å². The lowest BCUT2D eigenvalue weighted by Gasteiger charge is -2.35. The average Bonchev–Trinajstić information content (AvgIpc) is 2.52. The van der Waals surface area contributed by atoms with E-state index in [0.717, 1.165) is 5.56 Å². The minimum atomic E-state index is -1.69. The highest BCUT2D eigenvalue weighted by molar-refractivity contribution is 6.74. The van der Waals surface area contributed by atoms with Crippen molar-refractivity contribution in [3.05, 3.63) is 48.0 Å². The fourth-order valence-electron chi connectivity index (χ4n) is 2.15. The number of hydrogen-bond acceptors (Lipinski definition) is 3. The van der Waals surface area contributed by atoms with Gasteiger partial charge in [0.05, 0.1) is 25.4 Å². The third-order valence-electron chi connectivity index (χ3n) is 4.90. The SMILES string of the molecule is C[C@H](C[C@H](O)C/C=C/CO[Si](C)(C)C(C)(C)C)OCc1ccccc1. The van der Waals surface area contributed by atoms with Crippen LogP contribution >= 0.6 is 0 Å². The van der Waals surface area contributed by atoms with Crippen LogP contribution in [0.4, 0.5) is 0 Å². The monoisotopic (exact) mass is 364 g/mol. The second-order valence-corrected chi connectivity index (χ2v) is 13.1. The summed E-state index contributed by atoms with van der Waals surface area (Å²) in [6.07, 6.45) is 4.98. The molecule has 1 N–H and O–H groups in total. The first-order valence-corrected chi connectivity index (χ1v) is 12.1. The summed E-state index contributed by atoms with van der Waals surface area (Å²) in [5.74, 6) is 0. The summed E-state index contributed by atoms with van der Waals surface area (Å²) in [5, 5.41) is 10.4. The Bertz CT molecular complexity index is 506. The molecule has 0 saturated carbocycles. The van der Waals surface area contributed by atoms with Gasteiger partial charge in [-0.1, -0.05) is 63.3 Å². The number of rotatable bonds is 10. The van der Waals surface area contributed by atoms with E-state index in [0.29, 0.717) is 26.1 Å². The second kappa shape index (κ2) is 10.3. The molecule has 1 aromatic carbocycles. The van der Waals surface area contributed by atoms with Gasteiger partial charge in [-0.25, -0.2) is 0 Å². The van der Waals surface area contributed by atoms with E-state index in [1.165, 1.54) is 0 Å². The topological polar surface area (TPSA) is 38.7 Å². The largest absolute Gasteiger partial charge is 0.413 e. The van der Waals surface area contributed by atoms with Crippen molar-refractivity contribution < 1.29 is 14.3 Å². The summed E-state index contributed by atoms with van der Waals surface area (Å²) < 4.78 is 11.9. The number of benzene rings is 1. The highest BCUT2D eigenvalue weighted by atomic mass is 28.4. The first-order chi connectivity index (χ1) is 11.6. The summed E-state index contributed by atoms with van der Waals surface area (Å²) in [4.78, 5) is 0. The minimum Gasteiger partial charge on any atom is -0.413 e. The van der Waals surface area contributed by atoms with Gasteiger partial charge in [0, 0.05) is 0 Å². The number of aliphatic hydroxyl groups excluding tert-OH is 1. The zero-order chi connectivity index (χ0) is 18.9. The Labute approximate surface area is 155 Å². The van der Waals surface area contributed by atoms with Gasteiger partial charge in [-0.3, -0.25) is 0 Å². The lowest BCUT2D eigenvalue weighted by atomic mass is 10.1. The molecule has 0 bridgehead atoms. The maximum Gasteiger partial charge on any atom is 0.192 e. The second-order valence-electron chi connectivity index (χ2n) is 8.28. The van der Waals surface area contributed by atoms with Crippen LogP contribution in [0.1, 0.15) is 46.1 Å². The summed E-state index contributed by atoms with van der Waals surface area (Å²) in [7, 11) is -1.69. The highest BCUT2D eigenvalue weighted by Crippen LogP contribution is 2.36. The fraction of sp³-hybridized carbons (Fsp3) is 0.619. The third kappa shape index (κ3) is 8.81. The summed E-state index contributed by atoms with van der Waals surface area (Å²) >= 11 is 0. The predicted octanol–water partition coefficient (Wildman–Crippen LogP) is 5.31. The quantitative estimate of drug-likeness (QED) is 0.451. The van der Waals surface area contributed by atoms with E-state index in [-0.39, 0.29) is 17.2 Å². The van der Waals surface area contributed by atoms with Crippen molar-refractivity contribution in [2.45, 2.75) is 77.5 Å². The Morgan fingerprint density at radius 2 is 1.76 bits per heavy atom. The normalized spacial score (nSPS) is 15.5. The van der Waals surface area contributed by atoms with Crippen LogP contribution in [0, 0.1) is 0 Å². The van der Waals surface area contributed by atoms with Crippen LogP contribution in [-0.2, 0) is 15.8 Å². The standard InChI is InChI=1S/C21H36O3Si/c1-18(23-17-19-12-8-7-9-13-19)16-20(22)14-10-11-15-24-25(5,6)21(2,3)4/h7-13,18,20,22H,14-17H2,1-6H3/b11-10+/t18-,20-/m1/s1. The van der Waals surface area contributed by atoms with Crippen molar-refractivity contribution in [3.63, 3.8) is 0 Å². The molecule has 1 aromatic rings. The number of ether oxygens (including phenoxy) is 1.